The molecule has 0 bridgehead atoms. The number of aryl methyl sites for hydroxylation is 1. The topological polar surface area (TPSA) is 34.9 Å². The van der Waals surface area contributed by atoms with E-state index in [9.17, 15) is 4.79 Å². The van der Waals surface area contributed by atoms with Crippen LogP contribution in [0.2, 0.25) is 5.02 Å². The monoisotopic (exact) mass is 248 g/mol. The Hall–Kier alpha value is -1.61. The second kappa shape index (κ2) is 4.72. The van der Waals surface area contributed by atoms with Crippen molar-refractivity contribution in [3.63, 3.8) is 0 Å². The molecule has 2 aromatic rings. The van der Waals surface area contributed by atoms with Crippen LogP contribution in [0, 0.1) is 13.8 Å². The zero-order valence-electron chi connectivity index (χ0n) is 9.77. The molecule has 0 saturated carbocycles. The summed E-state index contributed by atoms with van der Waals surface area (Å²) in [4.78, 5) is 16.2. The van der Waals surface area contributed by atoms with Crippen LogP contribution in [0.1, 0.15) is 21.7 Å². The van der Waals surface area contributed by atoms with Crippen LogP contribution in [0.3, 0.4) is 0 Å². The molecule has 1 aromatic heterocycles. The smallest absolute Gasteiger partial charge is 0.182 e. The minimum atomic E-state index is 0.0576. The summed E-state index contributed by atoms with van der Waals surface area (Å²) in [5.41, 5.74) is 2.64. The van der Waals surface area contributed by atoms with Crippen LogP contribution < -0.4 is 0 Å². The fraction of sp³-hybridized carbons (Fsp3) is 0.231. The Bertz CT molecular complexity index is 543. The molecule has 0 saturated heterocycles. The minimum Gasteiger partial charge on any atom is -0.327 e. The van der Waals surface area contributed by atoms with Gasteiger partial charge in [-0.1, -0.05) is 11.6 Å². The van der Waals surface area contributed by atoms with Crippen LogP contribution in [0.5, 0.6) is 0 Å². The second-order valence-electron chi connectivity index (χ2n) is 3.97. The summed E-state index contributed by atoms with van der Waals surface area (Å²) < 4.78 is 1.85. The predicted molar refractivity (Wildman–Crippen MR) is 67.5 cm³/mol. The van der Waals surface area contributed by atoms with Gasteiger partial charge in [0.2, 0.25) is 0 Å². The summed E-state index contributed by atoms with van der Waals surface area (Å²) in [5, 5.41) is 0.635. The third-order valence-electron chi connectivity index (χ3n) is 2.83. The number of Topliss-reactive ketones (excluding diaryl/α,β-unsaturated/α-hetero) is 1. The van der Waals surface area contributed by atoms with Gasteiger partial charge in [0, 0.05) is 16.3 Å². The van der Waals surface area contributed by atoms with Crippen molar-refractivity contribution in [1.29, 1.82) is 0 Å². The molecule has 17 heavy (non-hydrogen) atoms. The van der Waals surface area contributed by atoms with Crippen molar-refractivity contribution in [2.45, 2.75) is 20.4 Å². The lowest BCUT2D eigenvalue weighted by Crippen LogP contribution is -2.10. The van der Waals surface area contributed by atoms with Gasteiger partial charge in [-0.25, -0.2) is 4.98 Å². The van der Waals surface area contributed by atoms with Crippen molar-refractivity contribution in [1.82, 2.24) is 9.55 Å². The highest BCUT2D eigenvalue weighted by atomic mass is 35.5. The van der Waals surface area contributed by atoms with E-state index in [2.05, 4.69) is 4.98 Å². The van der Waals surface area contributed by atoms with Crippen LogP contribution in [0.25, 0.3) is 0 Å². The Balaban J connectivity index is 2.17. The number of carbonyl (C=O) groups excluding carboxylic acids is 1. The zero-order valence-corrected chi connectivity index (χ0v) is 10.5. The Morgan fingerprint density at radius 1 is 1.29 bits per heavy atom. The number of halogens is 1. The van der Waals surface area contributed by atoms with E-state index in [1.807, 2.05) is 18.4 Å². The first-order valence-corrected chi connectivity index (χ1v) is 5.73. The molecule has 0 unspecified atom stereocenters. The van der Waals surface area contributed by atoms with Crippen LogP contribution in [-0.4, -0.2) is 15.3 Å². The van der Waals surface area contributed by atoms with Crippen LogP contribution in [-0.2, 0) is 6.54 Å². The zero-order chi connectivity index (χ0) is 12.4. The van der Waals surface area contributed by atoms with Gasteiger partial charge in [-0.05, 0) is 38.1 Å². The van der Waals surface area contributed by atoms with Crippen molar-refractivity contribution >= 4 is 17.4 Å². The molecule has 0 fully saturated rings. The molecule has 0 atom stereocenters. The van der Waals surface area contributed by atoms with Gasteiger partial charge in [-0.2, -0.15) is 0 Å². The van der Waals surface area contributed by atoms with E-state index in [0.717, 1.165) is 11.4 Å². The third-order valence-corrected chi connectivity index (χ3v) is 3.08. The van der Waals surface area contributed by atoms with E-state index in [1.165, 1.54) is 0 Å². The summed E-state index contributed by atoms with van der Waals surface area (Å²) in [6.07, 6.45) is 1.69. The standard InChI is InChI=1S/C13H13ClN2O/c1-9-10(2)16(8-15-9)7-13(17)11-3-5-12(14)6-4-11/h3-6,8H,7H2,1-2H3. The average Bonchev–Trinajstić information content (AvgIpc) is 2.62. The van der Waals surface area contributed by atoms with E-state index in [4.69, 9.17) is 11.6 Å². The van der Waals surface area contributed by atoms with Crippen molar-refractivity contribution in [2.75, 3.05) is 0 Å². The molecule has 0 N–H and O–H groups in total. The molecule has 0 aliphatic heterocycles. The SMILES string of the molecule is Cc1ncn(CC(=O)c2ccc(Cl)cc2)c1C. The van der Waals surface area contributed by atoms with E-state index >= 15 is 0 Å². The summed E-state index contributed by atoms with van der Waals surface area (Å²) in [6.45, 7) is 4.20. The van der Waals surface area contributed by atoms with Gasteiger partial charge in [0.05, 0.1) is 18.6 Å². The number of hydrogen-bond donors (Lipinski definition) is 0. The van der Waals surface area contributed by atoms with Crippen LogP contribution in [0.4, 0.5) is 0 Å². The minimum absolute atomic E-state index is 0.0576. The lowest BCUT2D eigenvalue weighted by atomic mass is 10.1. The largest absolute Gasteiger partial charge is 0.327 e. The molecule has 0 aliphatic rings. The van der Waals surface area contributed by atoms with Crippen LogP contribution in [0.15, 0.2) is 30.6 Å². The fourth-order valence-corrected chi connectivity index (χ4v) is 1.71. The number of ketones is 1. The lowest BCUT2D eigenvalue weighted by Gasteiger charge is -2.05. The van der Waals surface area contributed by atoms with Crippen LogP contribution >= 0.6 is 11.6 Å². The molecule has 1 heterocycles. The third kappa shape index (κ3) is 2.56. The van der Waals surface area contributed by atoms with E-state index in [0.29, 0.717) is 17.1 Å². The number of rotatable bonds is 3. The Kier molecular flexibility index (Phi) is 3.29. The quantitative estimate of drug-likeness (QED) is 0.783. The van der Waals surface area contributed by atoms with Crippen molar-refractivity contribution in [2.24, 2.45) is 0 Å². The fourth-order valence-electron chi connectivity index (χ4n) is 1.59. The molecule has 0 aliphatic carbocycles. The molecule has 0 spiro atoms. The molecular weight excluding hydrogens is 236 g/mol. The van der Waals surface area contributed by atoms with Gasteiger partial charge in [0.15, 0.2) is 5.78 Å². The maximum atomic E-state index is 12.0. The van der Waals surface area contributed by atoms with Gasteiger partial charge in [0.25, 0.3) is 0 Å². The van der Waals surface area contributed by atoms with E-state index in [1.54, 1.807) is 30.6 Å². The summed E-state index contributed by atoms with van der Waals surface area (Å²) in [5.74, 6) is 0.0576. The highest BCUT2D eigenvalue weighted by Gasteiger charge is 2.09. The lowest BCUT2D eigenvalue weighted by molar-refractivity contribution is 0.0971. The number of benzene rings is 1. The highest BCUT2D eigenvalue weighted by molar-refractivity contribution is 6.30. The molecule has 0 amide bonds. The molecule has 1 aromatic carbocycles. The van der Waals surface area contributed by atoms with Gasteiger partial charge in [-0.3, -0.25) is 4.79 Å². The molecular formula is C13H13ClN2O. The first-order valence-electron chi connectivity index (χ1n) is 5.35. The van der Waals surface area contributed by atoms with E-state index < -0.39 is 0 Å². The number of imidazole rings is 1. The number of hydrogen-bond acceptors (Lipinski definition) is 2. The second-order valence-corrected chi connectivity index (χ2v) is 4.41. The van der Waals surface area contributed by atoms with Gasteiger partial charge in [0.1, 0.15) is 0 Å². The first kappa shape index (κ1) is 11.9. The highest BCUT2D eigenvalue weighted by Crippen LogP contribution is 2.12. The Morgan fingerprint density at radius 2 is 1.94 bits per heavy atom. The molecule has 0 radical (unpaired) electrons. The predicted octanol–water partition coefficient (Wildman–Crippen LogP) is 3.04. The van der Waals surface area contributed by atoms with Crippen molar-refractivity contribution in [3.8, 4) is 0 Å². The normalized spacial score (nSPS) is 10.5. The maximum Gasteiger partial charge on any atom is 0.182 e. The van der Waals surface area contributed by atoms with E-state index in [-0.39, 0.29) is 5.78 Å². The van der Waals surface area contributed by atoms with Gasteiger partial charge in [-0.15, -0.1) is 0 Å². The first-order chi connectivity index (χ1) is 8.08. The van der Waals surface area contributed by atoms with Gasteiger partial charge >= 0.3 is 0 Å². The van der Waals surface area contributed by atoms with Crippen molar-refractivity contribution < 1.29 is 4.79 Å². The Labute approximate surface area is 105 Å². The average molecular weight is 249 g/mol. The number of carbonyl (C=O) groups is 1. The Morgan fingerprint density at radius 3 is 2.47 bits per heavy atom. The molecule has 2 rings (SSSR count). The van der Waals surface area contributed by atoms with Gasteiger partial charge < -0.3 is 4.57 Å². The molecule has 4 heteroatoms. The number of aromatic nitrogens is 2. The summed E-state index contributed by atoms with van der Waals surface area (Å²) in [6, 6.07) is 6.93. The molecule has 88 valence electrons. The number of nitrogens with zero attached hydrogens (tertiary/aromatic N) is 2. The van der Waals surface area contributed by atoms with Crippen molar-refractivity contribution in [3.05, 3.63) is 52.6 Å². The maximum absolute atomic E-state index is 12.0. The molecule has 3 nitrogen and oxygen atoms in total. The summed E-state index contributed by atoms with van der Waals surface area (Å²) >= 11 is 5.78. The summed E-state index contributed by atoms with van der Waals surface area (Å²) in [7, 11) is 0.